The van der Waals surface area contributed by atoms with E-state index >= 15 is 0 Å². The first kappa shape index (κ1) is 29.3. The molecule has 3 aromatic rings. The summed E-state index contributed by atoms with van der Waals surface area (Å²) in [6, 6.07) is 21.6. The largest absolute Gasteiger partial charge is 0.497 e. The van der Waals surface area contributed by atoms with Crippen molar-refractivity contribution in [1.29, 1.82) is 0 Å². The summed E-state index contributed by atoms with van der Waals surface area (Å²) in [4.78, 5) is 64.0. The first-order chi connectivity index (χ1) is 20.9. The number of aliphatic imine (C=N–C) groups is 1. The standard InChI is InChI=1S/C31H31N5O7/c1-41-22-13-8-12-21(18-22)32-31(40)34-28-29(38)35(19-26(37)43-36-17-9-16-25(36)30(39)42-2)24-15-7-6-14-23(24)27(33-28)20-10-4-3-5-11-20/h3-8,10-15,18,25,28H,9,16-17,19H2,1-2H3,(H2,32,34,40)/t25-,28?/m0/s1. The summed E-state index contributed by atoms with van der Waals surface area (Å²) in [7, 11) is 2.79. The minimum Gasteiger partial charge on any atom is -0.497 e. The fourth-order valence-corrected chi connectivity index (χ4v) is 5.01. The molecule has 12 heteroatoms. The van der Waals surface area contributed by atoms with Crippen molar-refractivity contribution in [1.82, 2.24) is 10.4 Å². The summed E-state index contributed by atoms with van der Waals surface area (Å²) in [6.45, 7) is -0.139. The first-order valence-corrected chi connectivity index (χ1v) is 13.7. The van der Waals surface area contributed by atoms with Crippen LogP contribution in [-0.4, -0.2) is 74.2 Å². The number of esters is 1. The number of benzene rings is 3. The van der Waals surface area contributed by atoms with Crippen LogP contribution < -0.4 is 20.3 Å². The van der Waals surface area contributed by atoms with Gasteiger partial charge in [0.1, 0.15) is 18.3 Å². The van der Waals surface area contributed by atoms with E-state index in [4.69, 9.17) is 19.3 Å². The van der Waals surface area contributed by atoms with E-state index in [-0.39, 0.29) is 0 Å². The molecule has 0 saturated carbocycles. The molecule has 0 aliphatic carbocycles. The zero-order valence-electron chi connectivity index (χ0n) is 23.7. The predicted molar refractivity (Wildman–Crippen MR) is 158 cm³/mol. The number of fused-ring (bicyclic) bond motifs is 1. The molecule has 0 radical (unpaired) electrons. The van der Waals surface area contributed by atoms with E-state index in [0.717, 1.165) is 0 Å². The van der Waals surface area contributed by atoms with Gasteiger partial charge >= 0.3 is 18.0 Å². The zero-order valence-corrected chi connectivity index (χ0v) is 23.7. The number of carbonyl (C=O) groups excluding carboxylic acids is 4. The van der Waals surface area contributed by atoms with E-state index < -0.39 is 42.6 Å². The number of amides is 3. The average molecular weight is 586 g/mol. The van der Waals surface area contributed by atoms with Crippen LogP contribution in [0, 0.1) is 0 Å². The highest BCUT2D eigenvalue weighted by Crippen LogP contribution is 2.29. The molecular weight excluding hydrogens is 554 g/mol. The number of hydrogen-bond donors (Lipinski definition) is 2. The second-order valence-electron chi connectivity index (χ2n) is 9.80. The third-order valence-corrected chi connectivity index (χ3v) is 7.03. The van der Waals surface area contributed by atoms with Crippen molar-refractivity contribution >= 4 is 41.0 Å². The van der Waals surface area contributed by atoms with Gasteiger partial charge in [0.05, 0.1) is 25.6 Å². The highest BCUT2D eigenvalue weighted by Gasteiger charge is 2.37. The lowest BCUT2D eigenvalue weighted by atomic mass is 10.0. The van der Waals surface area contributed by atoms with Gasteiger partial charge in [-0.25, -0.2) is 14.6 Å². The highest BCUT2D eigenvalue weighted by molar-refractivity contribution is 6.21. The molecule has 1 saturated heterocycles. The second kappa shape index (κ2) is 13.2. The zero-order chi connectivity index (χ0) is 30.3. The molecule has 2 aliphatic heterocycles. The molecule has 2 atom stereocenters. The lowest BCUT2D eigenvalue weighted by molar-refractivity contribution is -0.198. The Balaban J connectivity index is 1.45. The summed E-state index contributed by atoms with van der Waals surface area (Å²) >= 11 is 0. The minimum absolute atomic E-state index is 0.353. The van der Waals surface area contributed by atoms with E-state index in [1.165, 1.54) is 24.2 Å². The Morgan fingerprint density at radius 1 is 0.977 bits per heavy atom. The van der Waals surface area contributed by atoms with Crippen LogP contribution in [0.3, 0.4) is 0 Å². The third-order valence-electron chi connectivity index (χ3n) is 7.03. The van der Waals surface area contributed by atoms with Crippen molar-refractivity contribution in [2.75, 3.05) is 37.5 Å². The normalized spacial score (nSPS) is 18.1. The molecule has 5 rings (SSSR count). The van der Waals surface area contributed by atoms with E-state index in [9.17, 15) is 19.2 Å². The van der Waals surface area contributed by atoms with Crippen molar-refractivity contribution in [2.45, 2.75) is 25.0 Å². The molecule has 1 unspecified atom stereocenters. The van der Waals surface area contributed by atoms with Gasteiger partial charge in [-0.3, -0.25) is 14.5 Å². The van der Waals surface area contributed by atoms with E-state index in [1.54, 1.807) is 48.5 Å². The van der Waals surface area contributed by atoms with Crippen LogP contribution >= 0.6 is 0 Å². The number of methoxy groups -OCH3 is 2. The minimum atomic E-state index is -1.39. The lowest BCUT2D eigenvalue weighted by Crippen LogP contribution is -2.50. The maximum atomic E-state index is 14.0. The number of para-hydroxylation sites is 1. The molecule has 222 valence electrons. The molecule has 43 heavy (non-hydrogen) atoms. The molecule has 0 bridgehead atoms. The number of nitrogens with zero attached hydrogens (tertiary/aromatic N) is 3. The van der Waals surface area contributed by atoms with E-state index in [2.05, 4.69) is 10.6 Å². The number of carbonyl (C=O) groups is 4. The molecular formula is C31H31N5O7. The van der Waals surface area contributed by atoms with Crippen molar-refractivity contribution in [3.63, 3.8) is 0 Å². The highest BCUT2D eigenvalue weighted by atomic mass is 16.7. The van der Waals surface area contributed by atoms with Gasteiger partial charge in [0.2, 0.25) is 6.17 Å². The van der Waals surface area contributed by atoms with Crippen LogP contribution in [-0.2, 0) is 24.0 Å². The van der Waals surface area contributed by atoms with Crippen LogP contribution in [0.5, 0.6) is 5.75 Å². The van der Waals surface area contributed by atoms with E-state index in [0.29, 0.717) is 53.3 Å². The average Bonchev–Trinajstić information content (AvgIpc) is 3.45. The molecule has 2 aliphatic rings. The summed E-state index contributed by atoms with van der Waals surface area (Å²) in [5.41, 5.74) is 2.61. The van der Waals surface area contributed by atoms with Crippen molar-refractivity contribution in [3.05, 3.63) is 90.0 Å². The lowest BCUT2D eigenvalue weighted by Gasteiger charge is -2.26. The number of rotatable bonds is 8. The van der Waals surface area contributed by atoms with Gasteiger partial charge in [0.25, 0.3) is 5.91 Å². The van der Waals surface area contributed by atoms with Gasteiger partial charge in [0, 0.05) is 29.4 Å². The monoisotopic (exact) mass is 585 g/mol. The fraction of sp³-hybridized carbons (Fsp3) is 0.258. The first-order valence-electron chi connectivity index (χ1n) is 13.7. The maximum absolute atomic E-state index is 14.0. The van der Waals surface area contributed by atoms with Crippen molar-refractivity contribution in [2.24, 2.45) is 4.99 Å². The smallest absolute Gasteiger partial charge is 0.344 e. The number of urea groups is 1. The molecule has 3 amide bonds. The predicted octanol–water partition coefficient (Wildman–Crippen LogP) is 3.12. The summed E-state index contributed by atoms with van der Waals surface area (Å²) in [5, 5.41) is 6.62. The van der Waals surface area contributed by atoms with Crippen LogP contribution in [0.4, 0.5) is 16.2 Å². The van der Waals surface area contributed by atoms with Crippen molar-refractivity contribution in [3.8, 4) is 5.75 Å². The van der Waals surface area contributed by atoms with E-state index in [1.807, 2.05) is 30.3 Å². The quantitative estimate of drug-likeness (QED) is 0.385. The number of benzodiazepines with no additional fused rings is 1. The number of nitrogens with one attached hydrogen (secondary N) is 2. The second-order valence-corrected chi connectivity index (χ2v) is 9.80. The summed E-state index contributed by atoms with van der Waals surface area (Å²) in [5.74, 6) is -1.38. The van der Waals surface area contributed by atoms with Crippen LogP contribution in [0.1, 0.15) is 24.0 Å². The SMILES string of the molecule is COC(=O)[C@@H]1CCCN1OC(=O)CN1C(=O)C(NC(=O)Nc2cccc(OC)c2)N=C(c2ccccc2)c2ccccc21. The van der Waals surface area contributed by atoms with Gasteiger partial charge < -0.3 is 24.9 Å². The Hall–Kier alpha value is -5.23. The number of hydroxylamine groups is 2. The number of ether oxygens (including phenoxy) is 2. The van der Waals surface area contributed by atoms with Gasteiger partial charge in [-0.15, -0.1) is 5.06 Å². The number of anilines is 2. The topological polar surface area (TPSA) is 139 Å². The number of hydrogen-bond acceptors (Lipinski definition) is 9. The summed E-state index contributed by atoms with van der Waals surface area (Å²) in [6.07, 6.45) is -0.273. The molecule has 12 nitrogen and oxygen atoms in total. The Bertz CT molecular complexity index is 1540. The van der Waals surface area contributed by atoms with Crippen LogP contribution in [0.25, 0.3) is 0 Å². The maximum Gasteiger partial charge on any atom is 0.344 e. The molecule has 2 heterocycles. The molecule has 1 fully saturated rings. The van der Waals surface area contributed by atoms with Gasteiger partial charge in [-0.1, -0.05) is 54.6 Å². The Morgan fingerprint density at radius 2 is 1.74 bits per heavy atom. The molecule has 0 aromatic heterocycles. The van der Waals surface area contributed by atoms with Crippen molar-refractivity contribution < 1.29 is 33.5 Å². The van der Waals surface area contributed by atoms with Gasteiger partial charge in [-0.05, 0) is 31.0 Å². The third kappa shape index (κ3) is 6.65. The molecule has 2 N–H and O–H groups in total. The van der Waals surface area contributed by atoms with Crippen LogP contribution in [0.2, 0.25) is 0 Å². The molecule has 3 aromatic carbocycles. The fourth-order valence-electron chi connectivity index (χ4n) is 5.01. The van der Waals surface area contributed by atoms with Gasteiger partial charge in [-0.2, -0.15) is 0 Å². The summed E-state index contributed by atoms with van der Waals surface area (Å²) < 4.78 is 10.0. The van der Waals surface area contributed by atoms with Crippen LogP contribution in [0.15, 0.2) is 83.9 Å². The Labute approximate surface area is 248 Å². The Morgan fingerprint density at radius 3 is 2.51 bits per heavy atom. The Kier molecular flexibility index (Phi) is 8.96. The van der Waals surface area contributed by atoms with Gasteiger partial charge in [0.15, 0.2) is 0 Å². The molecule has 0 spiro atoms.